The van der Waals surface area contributed by atoms with Crippen molar-refractivity contribution < 1.29 is 0 Å². The number of hydrazine groups is 2. The second kappa shape index (κ2) is 0.722. The van der Waals surface area contributed by atoms with Crippen LogP contribution in [-0.4, -0.2) is 11.0 Å². The van der Waals surface area contributed by atoms with E-state index in [1.54, 1.807) is 0 Å². The lowest BCUT2D eigenvalue weighted by atomic mass is 10.9. The number of nitrogens with two attached hydrogens (primary N) is 3. The van der Waals surface area contributed by atoms with Crippen LogP contribution < -0.4 is 22.7 Å². The monoisotopic (exact) mass is 89.1 g/mol. The first kappa shape index (κ1) is 3.97. The van der Waals surface area contributed by atoms with Gasteiger partial charge < -0.3 is 0 Å². The first-order chi connectivity index (χ1) is 2.63. The van der Waals surface area contributed by atoms with Crippen LogP contribution in [0.3, 0.4) is 0 Å². The van der Waals surface area contributed by atoms with Crippen molar-refractivity contribution in [3.05, 3.63) is 0 Å². The molecule has 7 N–H and O–H groups in total. The molecule has 0 radical (unpaired) electrons. The highest BCUT2D eigenvalue weighted by atomic mass is 16.0. The van der Waals surface area contributed by atoms with Gasteiger partial charge in [-0.25, -0.2) is 0 Å². The zero-order chi connectivity index (χ0) is 4.78. The van der Waals surface area contributed by atoms with Gasteiger partial charge in [0.15, 0.2) is 0 Å². The molecule has 0 aliphatic carbocycles. The molecule has 6 heavy (non-hydrogen) atoms. The fourth-order valence-corrected chi connectivity index (χ4v) is 0.168. The summed E-state index contributed by atoms with van der Waals surface area (Å²) >= 11 is 0. The first-order valence-corrected chi connectivity index (χ1v) is 1.53. The Labute approximate surface area is 35.0 Å². The highest BCUT2D eigenvalue weighted by molar-refractivity contribution is 4.79. The summed E-state index contributed by atoms with van der Waals surface area (Å²) in [4.78, 5) is 0. The molecular formula is CH7N5. The van der Waals surface area contributed by atoms with Gasteiger partial charge in [0.05, 0.1) is 0 Å². The molecule has 36 valence electrons. The highest BCUT2D eigenvalue weighted by Gasteiger charge is 2.42. The molecule has 0 aromatic carbocycles. The van der Waals surface area contributed by atoms with Gasteiger partial charge in [-0.15, -0.1) is 5.12 Å². The Hall–Kier alpha value is -0.200. The average molecular weight is 89.1 g/mol. The van der Waals surface area contributed by atoms with E-state index >= 15 is 0 Å². The van der Waals surface area contributed by atoms with Crippen LogP contribution in [0, 0.1) is 0 Å². The number of rotatable bonds is 0. The van der Waals surface area contributed by atoms with Gasteiger partial charge in [0.2, 0.25) is 5.91 Å². The molecule has 5 nitrogen and oxygen atoms in total. The van der Waals surface area contributed by atoms with Crippen LogP contribution in [0.15, 0.2) is 0 Å². The fourth-order valence-electron chi connectivity index (χ4n) is 0.168. The van der Waals surface area contributed by atoms with E-state index in [0.717, 1.165) is 5.12 Å². The van der Waals surface area contributed by atoms with Crippen molar-refractivity contribution in [3.8, 4) is 0 Å². The van der Waals surface area contributed by atoms with Gasteiger partial charge in [-0.2, -0.15) is 5.43 Å². The minimum absolute atomic E-state index is 0.931. The highest BCUT2D eigenvalue weighted by Crippen LogP contribution is 2.00. The van der Waals surface area contributed by atoms with Gasteiger partial charge in [0.25, 0.3) is 0 Å². The predicted molar refractivity (Wildman–Crippen MR) is 20.3 cm³/mol. The third-order valence-electron chi connectivity index (χ3n) is 0.648. The van der Waals surface area contributed by atoms with E-state index in [2.05, 4.69) is 5.43 Å². The maximum Gasteiger partial charge on any atom is 0.219 e. The summed E-state index contributed by atoms with van der Waals surface area (Å²) in [6.45, 7) is 0. The molecule has 0 amide bonds. The molecule has 1 fully saturated rings. The van der Waals surface area contributed by atoms with E-state index in [4.69, 9.17) is 17.3 Å². The molecule has 1 aliphatic rings. The van der Waals surface area contributed by atoms with Gasteiger partial charge in [-0.05, 0) is 0 Å². The van der Waals surface area contributed by atoms with Crippen LogP contribution in [0.2, 0.25) is 0 Å². The van der Waals surface area contributed by atoms with Crippen LogP contribution in [-0.2, 0) is 0 Å². The second-order valence-corrected chi connectivity index (χ2v) is 1.31. The molecule has 1 unspecified atom stereocenters. The Morgan fingerprint density at radius 1 is 1.50 bits per heavy atom. The Kier molecular flexibility index (Phi) is 0.478. The van der Waals surface area contributed by atoms with Crippen LogP contribution in [0.5, 0.6) is 0 Å². The van der Waals surface area contributed by atoms with Crippen molar-refractivity contribution >= 4 is 0 Å². The van der Waals surface area contributed by atoms with Crippen molar-refractivity contribution in [1.29, 1.82) is 0 Å². The van der Waals surface area contributed by atoms with E-state index in [0.29, 0.717) is 0 Å². The average Bonchev–Trinajstić information content (AvgIpc) is 1.73. The number of hydrogen-bond acceptors (Lipinski definition) is 5. The summed E-state index contributed by atoms with van der Waals surface area (Å²) in [5.74, 6) is 4.04. The van der Waals surface area contributed by atoms with Crippen LogP contribution in [0.4, 0.5) is 0 Å². The largest absolute Gasteiger partial charge is 0.285 e. The molecule has 1 heterocycles. The van der Waals surface area contributed by atoms with E-state index in [9.17, 15) is 0 Å². The molecule has 0 bridgehead atoms. The third-order valence-corrected chi connectivity index (χ3v) is 0.648. The fraction of sp³-hybridized carbons (Fsp3) is 1.00. The Morgan fingerprint density at radius 3 is 1.67 bits per heavy atom. The lowest BCUT2D eigenvalue weighted by Crippen LogP contribution is -2.42. The molecule has 1 atom stereocenters. The minimum Gasteiger partial charge on any atom is -0.285 e. The Balaban J connectivity index is 2.41. The predicted octanol–water partition coefficient (Wildman–Crippen LogP) is -2.79. The smallest absolute Gasteiger partial charge is 0.219 e. The molecule has 1 rings (SSSR count). The SMILES string of the molecule is NN1NC1(N)N. The second-order valence-electron chi connectivity index (χ2n) is 1.31. The molecule has 1 saturated heterocycles. The third kappa shape index (κ3) is 0.385. The van der Waals surface area contributed by atoms with E-state index in [1.807, 2.05) is 0 Å². The van der Waals surface area contributed by atoms with Crippen LogP contribution >= 0.6 is 0 Å². The van der Waals surface area contributed by atoms with Crippen LogP contribution in [0.25, 0.3) is 0 Å². The lowest BCUT2D eigenvalue weighted by molar-refractivity contribution is 0.432. The normalized spacial score (nSPS) is 39.5. The Bertz CT molecular complexity index is 66.3. The van der Waals surface area contributed by atoms with E-state index in [1.165, 1.54) is 0 Å². The van der Waals surface area contributed by atoms with Crippen molar-refractivity contribution in [1.82, 2.24) is 10.5 Å². The summed E-state index contributed by atoms with van der Waals surface area (Å²) in [5, 5.41) is 1.12. The molecule has 0 saturated carbocycles. The van der Waals surface area contributed by atoms with Crippen molar-refractivity contribution in [3.63, 3.8) is 0 Å². The summed E-state index contributed by atoms with van der Waals surface area (Å²) in [7, 11) is 0. The molecule has 1 aliphatic heterocycles. The first-order valence-electron chi connectivity index (χ1n) is 1.53. The molecular weight excluding hydrogens is 82.0 g/mol. The van der Waals surface area contributed by atoms with E-state index in [-0.39, 0.29) is 0 Å². The van der Waals surface area contributed by atoms with Crippen LogP contribution in [0.1, 0.15) is 0 Å². The topological polar surface area (TPSA) is 103 Å². The van der Waals surface area contributed by atoms with Gasteiger partial charge in [-0.3, -0.25) is 17.3 Å². The van der Waals surface area contributed by atoms with Crippen molar-refractivity contribution in [2.24, 2.45) is 17.3 Å². The zero-order valence-electron chi connectivity index (χ0n) is 3.18. The number of nitrogens with zero attached hydrogens (tertiary/aromatic N) is 1. The summed E-state index contributed by atoms with van der Waals surface area (Å²) in [6, 6.07) is 0. The maximum atomic E-state index is 5.08. The maximum absolute atomic E-state index is 5.08. The van der Waals surface area contributed by atoms with E-state index < -0.39 is 5.91 Å². The molecule has 0 spiro atoms. The van der Waals surface area contributed by atoms with Crippen molar-refractivity contribution in [2.75, 3.05) is 0 Å². The summed E-state index contributed by atoms with van der Waals surface area (Å²) < 4.78 is 0. The minimum atomic E-state index is -0.931. The standard InChI is InChI=1S/CH7N5/c2-1(3)5-6(1)4/h5H,2-4H2. The van der Waals surface area contributed by atoms with Gasteiger partial charge in [-0.1, -0.05) is 0 Å². The van der Waals surface area contributed by atoms with Gasteiger partial charge in [0.1, 0.15) is 0 Å². The van der Waals surface area contributed by atoms with Crippen molar-refractivity contribution in [2.45, 2.75) is 5.91 Å². The summed E-state index contributed by atoms with van der Waals surface area (Å²) in [6.07, 6.45) is 0. The summed E-state index contributed by atoms with van der Waals surface area (Å²) in [5.41, 5.74) is 12.6. The molecule has 0 aromatic heterocycles. The number of hydrogen-bond donors (Lipinski definition) is 4. The number of nitrogens with one attached hydrogen (secondary N) is 1. The lowest BCUT2D eigenvalue weighted by Gasteiger charge is -1.90. The molecule has 5 heteroatoms. The van der Waals surface area contributed by atoms with Gasteiger partial charge in [0, 0.05) is 0 Å². The quantitative estimate of drug-likeness (QED) is 0.146. The van der Waals surface area contributed by atoms with Gasteiger partial charge >= 0.3 is 0 Å². The Morgan fingerprint density at radius 2 is 1.67 bits per heavy atom. The molecule has 0 aromatic rings. The zero-order valence-corrected chi connectivity index (χ0v) is 3.18.